The van der Waals surface area contributed by atoms with E-state index in [0.29, 0.717) is 12.4 Å². The number of carbonyl (C=O) groups excluding carboxylic acids is 1. The van der Waals surface area contributed by atoms with Gasteiger partial charge in [0, 0.05) is 0 Å². The summed E-state index contributed by atoms with van der Waals surface area (Å²) in [5, 5.41) is 10.9. The van der Waals surface area contributed by atoms with Crippen molar-refractivity contribution in [1.82, 2.24) is 0 Å². The Hall–Kier alpha value is -2.84. The first-order chi connectivity index (χ1) is 9.80. The third-order valence-corrected chi connectivity index (χ3v) is 2.41. The fraction of sp³-hybridized carbons (Fsp3) is 0.0833. The summed E-state index contributed by atoms with van der Waals surface area (Å²) in [4.78, 5) is 20.6. The minimum Gasteiger partial charge on any atom is -0.453 e. The number of carbonyl (C=O) groups is 1. The quantitative estimate of drug-likeness (QED) is 0.490. The molecular formula is C12H6F3NO5. The van der Waals surface area contributed by atoms with Gasteiger partial charge in [-0.15, -0.1) is 13.2 Å². The monoisotopic (exact) mass is 301 g/mol. The Kier molecular flexibility index (Phi) is 3.66. The first kappa shape index (κ1) is 14.6. The van der Waals surface area contributed by atoms with Crippen molar-refractivity contribution in [2.24, 2.45) is 0 Å². The smallest absolute Gasteiger partial charge is 0.453 e. The predicted molar refractivity (Wildman–Crippen MR) is 62.9 cm³/mol. The predicted octanol–water partition coefficient (Wildman–Crippen LogP) is 3.57. The summed E-state index contributed by atoms with van der Waals surface area (Å²) in [6.07, 6.45) is -4.55. The van der Waals surface area contributed by atoms with Crippen molar-refractivity contribution in [1.29, 1.82) is 0 Å². The van der Waals surface area contributed by atoms with Gasteiger partial charge in [0.1, 0.15) is 11.5 Å². The van der Waals surface area contributed by atoms with Gasteiger partial charge in [-0.25, -0.2) is 0 Å². The number of alkyl halides is 3. The van der Waals surface area contributed by atoms with Gasteiger partial charge in [-0.2, -0.15) is 0 Å². The van der Waals surface area contributed by atoms with Crippen molar-refractivity contribution in [2.45, 2.75) is 6.36 Å². The molecule has 2 rings (SSSR count). The van der Waals surface area contributed by atoms with Crippen molar-refractivity contribution in [2.75, 3.05) is 0 Å². The van der Waals surface area contributed by atoms with Gasteiger partial charge in [-0.3, -0.25) is 14.9 Å². The van der Waals surface area contributed by atoms with Crippen LogP contribution in [-0.4, -0.2) is 17.6 Å². The van der Waals surface area contributed by atoms with Crippen LogP contribution in [0.4, 0.5) is 18.9 Å². The number of aldehydes is 1. The van der Waals surface area contributed by atoms with E-state index < -0.39 is 22.7 Å². The Balaban J connectivity index is 2.47. The fourth-order valence-electron chi connectivity index (χ4n) is 1.63. The topological polar surface area (TPSA) is 82.6 Å². The maximum Gasteiger partial charge on any atom is 0.573 e. The molecule has 0 N–H and O–H groups in total. The van der Waals surface area contributed by atoms with Crippen LogP contribution >= 0.6 is 0 Å². The van der Waals surface area contributed by atoms with Crippen LogP contribution in [0.15, 0.2) is 34.7 Å². The minimum atomic E-state index is -4.95. The van der Waals surface area contributed by atoms with Crippen molar-refractivity contribution in [3.8, 4) is 17.1 Å². The average Bonchev–Trinajstić information content (AvgIpc) is 2.85. The lowest BCUT2D eigenvalue weighted by Gasteiger charge is -2.09. The molecule has 0 atom stereocenters. The molecule has 0 spiro atoms. The molecule has 1 heterocycles. The van der Waals surface area contributed by atoms with E-state index in [1.165, 1.54) is 12.1 Å². The minimum absolute atomic E-state index is 0.0117. The van der Waals surface area contributed by atoms with Crippen molar-refractivity contribution >= 4 is 12.0 Å². The Bertz CT molecular complexity index is 692. The largest absolute Gasteiger partial charge is 0.573 e. The number of halogens is 3. The van der Waals surface area contributed by atoms with Crippen LogP contribution in [-0.2, 0) is 0 Å². The van der Waals surface area contributed by atoms with Gasteiger partial charge < -0.3 is 9.15 Å². The molecule has 0 unspecified atom stereocenters. The first-order valence-electron chi connectivity index (χ1n) is 5.40. The molecule has 2 aromatic rings. The van der Waals surface area contributed by atoms with Crippen LogP contribution in [0.2, 0.25) is 0 Å². The second-order valence-corrected chi connectivity index (χ2v) is 3.80. The van der Waals surface area contributed by atoms with E-state index in [0.717, 1.165) is 12.1 Å². The lowest BCUT2D eigenvalue weighted by atomic mass is 10.1. The average molecular weight is 301 g/mol. The van der Waals surface area contributed by atoms with E-state index in [2.05, 4.69) is 4.74 Å². The summed E-state index contributed by atoms with van der Waals surface area (Å²) < 4.78 is 44.9. The number of nitrogens with zero attached hydrogens (tertiary/aromatic N) is 1. The molecule has 0 saturated heterocycles. The zero-order valence-corrected chi connectivity index (χ0v) is 10.1. The van der Waals surface area contributed by atoms with Crippen LogP contribution in [0.25, 0.3) is 11.3 Å². The SMILES string of the molecule is O=Cc1ccc(-c2ccc(OC(F)(F)F)cc2[N+](=O)[O-])o1. The number of benzene rings is 1. The molecule has 6 nitrogen and oxygen atoms in total. The molecule has 0 radical (unpaired) electrons. The van der Waals surface area contributed by atoms with E-state index in [1.54, 1.807) is 0 Å². The maximum absolute atomic E-state index is 12.1. The second kappa shape index (κ2) is 5.27. The second-order valence-electron chi connectivity index (χ2n) is 3.80. The first-order valence-corrected chi connectivity index (χ1v) is 5.40. The number of hydrogen-bond acceptors (Lipinski definition) is 5. The van der Waals surface area contributed by atoms with Crippen LogP contribution in [0.1, 0.15) is 10.6 Å². The Morgan fingerprint density at radius 2 is 1.95 bits per heavy atom. The highest BCUT2D eigenvalue weighted by atomic mass is 19.4. The fourth-order valence-corrected chi connectivity index (χ4v) is 1.63. The maximum atomic E-state index is 12.1. The highest BCUT2D eigenvalue weighted by Gasteiger charge is 2.32. The Labute approximate surface area is 114 Å². The van der Waals surface area contributed by atoms with Gasteiger partial charge in [0.2, 0.25) is 0 Å². The van der Waals surface area contributed by atoms with Crippen LogP contribution < -0.4 is 4.74 Å². The molecule has 0 aliphatic carbocycles. The summed E-state index contributed by atoms with van der Waals surface area (Å²) >= 11 is 0. The molecule has 110 valence electrons. The summed E-state index contributed by atoms with van der Waals surface area (Å²) in [5.74, 6) is -0.794. The molecule has 1 aromatic heterocycles. The number of nitro groups is 1. The molecule has 0 aliphatic heterocycles. The zero-order valence-electron chi connectivity index (χ0n) is 10.1. The highest BCUT2D eigenvalue weighted by molar-refractivity contribution is 5.76. The van der Waals surface area contributed by atoms with E-state index in [-0.39, 0.29) is 17.1 Å². The van der Waals surface area contributed by atoms with Gasteiger partial charge in [-0.1, -0.05) is 0 Å². The molecule has 0 aliphatic rings. The van der Waals surface area contributed by atoms with Crippen molar-refractivity contribution < 1.29 is 32.0 Å². The van der Waals surface area contributed by atoms with Gasteiger partial charge in [-0.05, 0) is 24.3 Å². The van der Waals surface area contributed by atoms with Gasteiger partial charge in [0.05, 0.1) is 16.6 Å². The number of ether oxygens (including phenoxy) is 1. The Morgan fingerprint density at radius 1 is 1.24 bits per heavy atom. The number of nitro benzene ring substituents is 1. The van der Waals surface area contributed by atoms with Gasteiger partial charge in [0.15, 0.2) is 12.0 Å². The molecule has 9 heteroatoms. The molecule has 0 saturated carbocycles. The summed E-state index contributed by atoms with van der Waals surface area (Å²) in [5.41, 5.74) is -0.703. The zero-order chi connectivity index (χ0) is 15.6. The van der Waals surface area contributed by atoms with E-state index in [1.807, 2.05) is 0 Å². The third-order valence-electron chi connectivity index (χ3n) is 2.41. The Morgan fingerprint density at radius 3 is 2.48 bits per heavy atom. The summed E-state index contributed by atoms with van der Waals surface area (Å²) in [6.45, 7) is 0. The molecule has 0 amide bonds. The standard InChI is InChI=1S/C12H6F3NO5/c13-12(14,15)21-7-1-3-9(10(5-7)16(18)19)11-4-2-8(6-17)20-11/h1-6H. The number of furan rings is 1. The summed E-state index contributed by atoms with van der Waals surface area (Å²) in [7, 11) is 0. The van der Waals surface area contributed by atoms with E-state index >= 15 is 0 Å². The molecular weight excluding hydrogens is 295 g/mol. The molecule has 21 heavy (non-hydrogen) atoms. The molecule has 0 bridgehead atoms. The van der Waals surface area contributed by atoms with E-state index in [4.69, 9.17) is 4.42 Å². The van der Waals surface area contributed by atoms with Crippen LogP contribution in [0.5, 0.6) is 5.75 Å². The molecule has 1 aromatic carbocycles. The highest BCUT2D eigenvalue weighted by Crippen LogP contribution is 2.35. The normalized spacial score (nSPS) is 11.2. The van der Waals surface area contributed by atoms with Gasteiger partial charge in [0.25, 0.3) is 5.69 Å². The van der Waals surface area contributed by atoms with Crippen molar-refractivity contribution in [3.63, 3.8) is 0 Å². The van der Waals surface area contributed by atoms with Crippen molar-refractivity contribution in [3.05, 3.63) is 46.2 Å². The van der Waals surface area contributed by atoms with Gasteiger partial charge >= 0.3 is 6.36 Å². The van der Waals surface area contributed by atoms with E-state index in [9.17, 15) is 28.1 Å². The number of hydrogen-bond donors (Lipinski definition) is 0. The van der Waals surface area contributed by atoms with Crippen LogP contribution in [0.3, 0.4) is 0 Å². The number of rotatable bonds is 4. The third kappa shape index (κ3) is 3.38. The lowest BCUT2D eigenvalue weighted by Crippen LogP contribution is -2.17. The summed E-state index contributed by atoms with van der Waals surface area (Å²) in [6, 6.07) is 5.18. The van der Waals surface area contributed by atoms with Crippen LogP contribution in [0, 0.1) is 10.1 Å². The molecule has 0 fully saturated rings. The lowest BCUT2D eigenvalue weighted by molar-refractivity contribution is -0.384.